The van der Waals surface area contributed by atoms with Gasteiger partial charge in [-0.2, -0.15) is 0 Å². The van der Waals surface area contributed by atoms with Crippen molar-refractivity contribution in [3.8, 4) is 0 Å². The largest absolute Gasteiger partial charge is 0.458 e. The van der Waals surface area contributed by atoms with Gasteiger partial charge in [0.2, 0.25) is 0 Å². The molecule has 0 unspecified atom stereocenters. The Kier molecular flexibility index (Phi) is 3.59. The SMILES string of the molecule is C=C[C@@H]1CC2=CC(=O)CC[C@@H]2[C@H]2CC[C@@]3(C)[C@@H](CC[C@@]34CCC(=O)O4)[C@@H]21. The fraction of sp³-hybridized carbons (Fsp3) is 0.739. The van der Waals surface area contributed by atoms with Crippen LogP contribution in [0.25, 0.3) is 0 Å². The van der Waals surface area contributed by atoms with Crippen LogP contribution < -0.4 is 0 Å². The second-order valence-corrected chi connectivity index (χ2v) is 9.75. The van der Waals surface area contributed by atoms with Crippen molar-refractivity contribution in [2.24, 2.45) is 35.0 Å². The van der Waals surface area contributed by atoms with E-state index < -0.39 is 0 Å². The smallest absolute Gasteiger partial charge is 0.306 e. The lowest BCUT2D eigenvalue weighted by molar-refractivity contribution is -0.167. The number of esters is 1. The number of hydrogen-bond donors (Lipinski definition) is 0. The molecule has 0 amide bonds. The van der Waals surface area contributed by atoms with E-state index >= 15 is 0 Å². The molecule has 3 nitrogen and oxygen atoms in total. The molecule has 0 aromatic carbocycles. The first-order valence-corrected chi connectivity index (χ1v) is 10.6. The number of carbonyl (C=O) groups excluding carboxylic acids is 2. The van der Waals surface area contributed by atoms with Crippen LogP contribution >= 0.6 is 0 Å². The first kappa shape index (κ1) is 16.8. The van der Waals surface area contributed by atoms with Gasteiger partial charge in [-0.3, -0.25) is 9.59 Å². The summed E-state index contributed by atoms with van der Waals surface area (Å²) in [4.78, 5) is 23.9. The fourth-order valence-corrected chi connectivity index (χ4v) is 7.82. The maximum absolute atomic E-state index is 12.0. The molecule has 1 saturated heterocycles. The van der Waals surface area contributed by atoms with Crippen molar-refractivity contribution >= 4 is 11.8 Å². The molecule has 4 aliphatic carbocycles. The molecule has 0 aromatic rings. The molecule has 5 aliphatic rings. The van der Waals surface area contributed by atoms with E-state index in [9.17, 15) is 9.59 Å². The number of ketones is 1. The van der Waals surface area contributed by atoms with Crippen LogP contribution in [0.2, 0.25) is 0 Å². The molecule has 3 saturated carbocycles. The van der Waals surface area contributed by atoms with Crippen LogP contribution in [0.1, 0.15) is 64.7 Å². The molecule has 1 heterocycles. The lowest BCUT2D eigenvalue weighted by Crippen LogP contribution is -2.54. The fourth-order valence-electron chi connectivity index (χ4n) is 7.82. The number of carbonyl (C=O) groups is 2. The molecular formula is C23H30O3. The maximum atomic E-state index is 12.0. The number of allylic oxidation sites excluding steroid dienone is 2. The lowest BCUT2D eigenvalue weighted by atomic mass is 9.48. The zero-order chi connectivity index (χ0) is 18.1. The monoisotopic (exact) mass is 354 g/mol. The van der Waals surface area contributed by atoms with E-state index in [4.69, 9.17) is 4.74 Å². The Bertz CT molecular complexity index is 706. The summed E-state index contributed by atoms with van der Waals surface area (Å²) in [5.41, 5.74) is 1.31. The summed E-state index contributed by atoms with van der Waals surface area (Å²) in [7, 11) is 0. The average Bonchev–Trinajstić information content (AvgIpc) is 3.14. The highest BCUT2D eigenvalue weighted by Crippen LogP contribution is 2.68. The molecule has 5 rings (SSSR count). The molecule has 7 atom stereocenters. The van der Waals surface area contributed by atoms with Gasteiger partial charge in [-0.05, 0) is 80.6 Å². The summed E-state index contributed by atoms with van der Waals surface area (Å²) in [5, 5.41) is 0. The van der Waals surface area contributed by atoms with E-state index in [0.717, 1.165) is 38.5 Å². The highest BCUT2D eigenvalue weighted by Gasteiger charge is 2.66. The number of fused-ring (bicyclic) bond motifs is 6. The molecule has 0 aromatic heterocycles. The van der Waals surface area contributed by atoms with Crippen molar-refractivity contribution in [1.82, 2.24) is 0 Å². The molecule has 3 heteroatoms. The minimum Gasteiger partial charge on any atom is -0.458 e. The third-order valence-corrected chi connectivity index (χ3v) is 9.03. The molecule has 140 valence electrons. The summed E-state index contributed by atoms with van der Waals surface area (Å²) >= 11 is 0. The van der Waals surface area contributed by atoms with Gasteiger partial charge in [0.25, 0.3) is 0 Å². The number of ether oxygens (including phenoxy) is 1. The number of hydrogen-bond acceptors (Lipinski definition) is 3. The third-order valence-electron chi connectivity index (χ3n) is 9.03. The van der Waals surface area contributed by atoms with Crippen molar-refractivity contribution < 1.29 is 14.3 Å². The Hall–Kier alpha value is -1.38. The van der Waals surface area contributed by atoms with Crippen LogP contribution in [0.3, 0.4) is 0 Å². The zero-order valence-electron chi connectivity index (χ0n) is 15.8. The molecular weight excluding hydrogens is 324 g/mol. The van der Waals surface area contributed by atoms with Crippen molar-refractivity contribution in [1.29, 1.82) is 0 Å². The predicted molar refractivity (Wildman–Crippen MR) is 99.2 cm³/mol. The van der Waals surface area contributed by atoms with Gasteiger partial charge in [0.15, 0.2) is 5.78 Å². The first-order chi connectivity index (χ1) is 12.5. The second kappa shape index (κ2) is 5.56. The highest BCUT2D eigenvalue weighted by atomic mass is 16.6. The van der Waals surface area contributed by atoms with Crippen LogP contribution in [-0.4, -0.2) is 17.4 Å². The first-order valence-electron chi connectivity index (χ1n) is 10.6. The van der Waals surface area contributed by atoms with E-state index in [2.05, 4.69) is 19.6 Å². The molecule has 0 bridgehead atoms. The molecule has 0 N–H and O–H groups in total. The maximum Gasteiger partial charge on any atom is 0.306 e. The summed E-state index contributed by atoms with van der Waals surface area (Å²) in [6.45, 7) is 6.58. The Morgan fingerprint density at radius 3 is 2.73 bits per heavy atom. The van der Waals surface area contributed by atoms with Gasteiger partial charge in [0, 0.05) is 18.3 Å². The molecule has 0 radical (unpaired) electrons. The topological polar surface area (TPSA) is 43.4 Å². The molecule has 26 heavy (non-hydrogen) atoms. The zero-order valence-corrected chi connectivity index (χ0v) is 15.8. The summed E-state index contributed by atoms with van der Waals surface area (Å²) in [6.07, 6.45) is 13.0. The normalized spacial score (nSPS) is 49.9. The summed E-state index contributed by atoms with van der Waals surface area (Å²) in [5.74, 6) is 3.32. The van der Waals surface area contributed by atoms with Crippen LogP contribution in [0, 0.1) is 35.0 Å². The van der Waals surface area contributed by atoms with E-state index in [1.54, 1.807) is 0 Å². The van der Waals surface area contributed by atoms with E-state index in [1.165, 1.54) is 18.4 Å². The Morgan fingerprint density at radius 1 is 1.15 bits per heavy atom. The highest BCUT2D eigenvalue weighted by molar-refractivity contribution is 5.91. The van der Waals surface area contributed by atoms with E-state index in [-0.39, 0.29) is 17.0 Å². The minimum absolute atomic E-state index is 0.00826. The standard InChI is InChI=1S/C23H30O3/c1-3-14-12-15-13-16(24)4-5-17(15)18-6-9-22(2)19(21(14)18)7-10-23(22)11-8-20(25)26-23/h3,13-14,17-19,21H,1,4-12H2,2H3/t14-,17+,18-,19+,21-,22+,23-/m1/s1. The van der Waals surface area contributed by atoms with Crippen molar-refractivity contribution in [2.75, 3.05) is 0 Å². The Balaban J connectivity index is 1.52. The van der Waals surface area contributed by atoms with Crippen LogP contribution in [0.15, 0.2) is 24.3 Å². The molecule has 1 aliphatic heterocycles. The summed E-state index contributed by atoms with van der Waals surface area (Å²) in [6, 6.07) is 0. The third kappa shape index (κ3) is 2.06. The Morgan fingerprint density at radius 2 is 2.00 bits per heavy atom. The lowest BCUT2D eigenvalue weighted by Gasteiger charge is -2.57. The quantitative estimate of drug-likeness (QED) is 0.510. The van der Waals surface area contributed by atoms with Crippen LogP contribution in [-0.2, 0) is 14.3 Å². The van der Waals surface area contributed by atoms with Gasteiger partial charge < -0.3 is 4.74 Å². The van der Waals surface area contributed by atoms with Gasteiger partial charge in [0.05, 0.1) is 0 Å². The van der Waals surface area contributed by atoms with Crippen LogP contribution in [0.5, 0.6) is 0 Å². The van der Waals surface area contributed by atoms with Crippen LogP contribution in [0.4, 0.5) is 0 Å². The summed E-state index contributed by atoms with van der Waals surface area (Å²) < 4.78 is 6.03. The number of rotatable bonds is 1. The van der Waals surface area contributed by atoms with Gasteiger partial charge in [-0.1, -0.05) is 18.6 Å². The molecule has 1 spiro atoms. The Labute approximate surface area is 156 Å². The van der Waals surface area contributed by atoms with Crippen molar-refractivity contribution in [2.45, 2.75) is 70.3 Å². The predicted octanol–water partition coefficient (Wildman–Crippen LogP) is 4.62. The molecule has 4 fully saturated rings. The minimum atomic E-state index is -0.204. The van der Waals surface area contributed by atoms with Gasteiger partial charge in [0.1, 0.15) is 5.60 Å². The van der Waals surface area contributed by atoms with E-state index in [1.807, 2.05) is 6.08 Å². The second-order valence-electron chi connectivity index (χ2n) is 9.75. The van der Waals surface area contributed by atoms with Gasteiger partial charge in [-0.25, -0.2) is 0 Å². The van der Waals surface area contributed by atoms with Crippen molar-refractivity contribution in [3.05, 3.63) is 24.3 Å². The average molecular weight is 354 g/mol. The van der Waals surface area contributed by atoms with E-state index in [0.29, 0.717) is 41.8 Å². The van der Waals surface area contributed by atoms with Crippen molar-refractivity contribution in [3.63, 3.8) is 0 Å². The van der Waals surface area contributed by atoms with Gasteiger partial charge >= 0.3 is 5.97 Å². The van der Waals surface area contributed by atoms with Gasteiger partial charge in [-0.15, -0.1) is 6.58 Å².